The summed E-state index contributed by atoms with van der Waals surface area (Å²) < 4.78 is 0. The summed E-state index contributed by atoms with van der Waals surface area (Å²) in [6.07, 6.45) is 3.99. The van der Waals surface area contributed by atoms with Crippen LogP contribution in [0.4, 0.5) is 5.69 Å². The van der Waals surface area contributed by atoms with Crippen LogP contribution in [0.3, 0.4) is 0 Å². The SMILES string of the molecule is CCCCCC(C)c1cccc(C(=O)O)c1[N+](=O)[O-]. The number of carboxylic acids is 1. The molecule has 0 spiro atoms. The average Bonchev–Trinajstić information content (AvgIpc) is 2.37. The highest BCUT2D eigenvalue weighted by Gasteiger charge is 2.26. The molecule has 0 aliphatic carbocycles. The van der Waals surface area contributed by atoms with Crippen molar-refractivity contribution >= 4 is 11.7 Å². The van der Waals surface area contributed by atoms with Gasteiger partial charge in [-0.05, 0) is 18.4 Å². The van der Waals surface area contributed by atoms with E-state index in [9.17, 15) is 14.9 Å². The predicted octanol–water partition coefficient (Wildman–Crippen LogP) is 3.98. The number of para-hydroxylation sites is 1. The minimum absolute atomic E-state index is 0.00810. The second kappa shape index (κ2) is 6.87. The minimum atomic E-state index is -1.26. The maximum Gasteiger partial charge on any atom is 0.342 e. The van der Waals surface area contributed by atoms with E-state index in [-0.39, 0.29) is 17.2 Å². The van der Waals surface area contributed by atoms with E-state index in [0.29, 0.717) is 5.56 Å². The Balaban J connectivity index is 3.09. The Labute approximate surface area is 112 Å². The number of nitro groups is 1. The van der Waals surface area contributed by atoms with Crippen LogP contribution in [-0.2, 0) is 0 Å². The van der Waals surface area contributed by atoms with Gasteiger partial charge < -0.3 is 5.11 Å². The predicted molar refractivity (Wildman–Crippen MR) is 72.6 cm³/mol. The van der Waals surface area contributed by atoms with E-state index >= 15 is 0 Å². The maximum atomic E-state index is 11.1. The summed E-state index contributed by atoms with van der Waals surface area (Å²) in [6, 6.07) is 4.51. The Morgan fingerprint density at radius 2 is 2.11 bits per heavy atom. The van der Waals surface area contributed by atoms with Crippen molar-refractivity contribution in [1.82, 2.24) is 0 Å². The molecular weight excluding hydrogens is 246 g/mol. The number of benzene rings is 1. The first-order chi connectivity index (χ1) is 8.99. The Morgan fingerprint density at radius 1 is 1.42 bits per heavy atom. The number of rotatable bonds is 7. The van der Waals surface area contributed by atoms with Crippen molar-refractivity contribution in [2.45, 2.75) is 45.4 Å². The van der Waals surface area contributed by atoms with E-state index in [1.54, 1.807) is 12.1 Å². The molecule has 0 aliphatic heterocycles. The van der Waals surface area contributed by atoms with Gasteiger partial charge in [0.25, 0.3) is 5.69 Å². The third-order valence-corrected chi connectivity index (χ3v) is 3.25. The third kappa shape index (κ3) is 3.77. The molecule has 104 valence electrons. The first kappa shape index (κ1) is 15.1. The lowest BCUT2D eigenvalue weighted by Crippen LogP contribution is -2.07. The summed E-state index contributed by atoms with van der Waals surface area (Å²) in [7, 11) is 0. The molecule has 19 heavy (non-hydrogen) atoms. The van der Waals surface area contributed by atoms with Crippen LogP contribution in [0, 0.1) is 10.1 Å². The lowest BCUT2D eigenvalue weighted by atomic mass is 9.92. The molecule has 0 aromatic heterocycles. The molecule has 0 heterocycles. The van der Waals surface area contributed by atoms with Gasteiger partial charge in [-0.15, -0.1) is 0 Å². The number of unbranched alkanes of at least 4 members (excludes halogenated alkanes) is 2. The Morgan fingerprint density at radius 3 is 2.63 bits per heavy atom. The molecule has 1 unspecified atom stereocenters. The van der Waals surface area contributed by atoms with Gasteiger partial charge in [-0.1, -0.05) is 45.2 Å². The van der Waals surface area contributed by atoms with Crippen LogP contribution in [0.5, 0.6) is 0 Å². The quantitative estimate of drug-likeness (QED) is 0.459. The van der Waals surface area contributed by atoms with E-state index < -0.39 is 10.9 Å². The van der Waals surface area contributed by atoms with E-state index in [4.69, 9.17) is 5.11 Å². The van der Waals surface area contributed by atoms with Gasteiger partial charge in [0.2, 0.25) is 0 Å². The number of nitrogens with zero attached hydrogens (tertiary/aromatic N) is 1. The molecule has 0 saturated carbocycles. The van der Waals surface area contributed by atoms with E-state index in [1.807, 2.05) is 6.92 Å². The average molecular weight is 265 g/mol. The van der Waals surface area contributed by atoms with Crippen molar-refractivity contribution in [3.63, 3.8) is 0 Å². The van der Waals surface area contributed by atoms with Gasteiger partial charge >= 0.3 is 5.97 Å². The van der Waals surface area contributed by atoms with Crippen LogP contribution in [0.15, 0.2) is 18.2 Å². The number of nitro benzene ring substituents is 1. The normalized spacial score (nSPS) is 12.1. The van der Waals surface area contributed by atoms with Gasteiger partial charge in [-0.3, -0.25) is 10.1 Å². The molecule has 1 rings (SSSR count). The van der Waals surface area contributed by atoms with Crippen molar-refractivity contribution < 1.29 is 14.8 Å². The minimum Gasteiger partial charge on any atom is -0.477 e. The van der Waals surface area contributed by atoms with Crippen LogP contribution >= 0.6 is 0 Å². The first-order valence-corrected chi connectivity index (χ1v) is 6.49. The third-order valence-electron chi connectivity index (χ3n) is 3.25. The summed E-state index contributed by atoms with van der Waals surface area (Å²) in [5, 5.41) is 20.2. The monoisotopic (exact) mass is 265 g/mol. The molecule has 0 fully saturated rings. The van der Waals surface area contributed by atoms with E-state index in [1.165, 1.54) is 6.07 Å². The standard InChI is InChI=1S/C14H19NO4/c1-3-4-5-7-10(2)11-8-6-9-12(14(16)17)13(11)15(18)19/h6,8-10H,3-5,7H2,1-2H3,(H,16,17). The summed E-state index contributed by atoms with van der Waals surface area (Å²) in [6.45, 7) is 4.00. The Bertz CT molecular complexity index is 471. The van der Waals surface area contributed by atoms with Crippen molar-refractivity contribution in [2.75, 3.05) is 0 Å². The highest BCUT2D eigenvalue weighted by molar-refractivity contribution is 5.93. The fourth-order valence-corrected chi connectivity index (χ4v) is 2.19. The topological polar surface area (TPSA) is 80.4 Å². The zero-order chi connectivity index (χ0) is 14.4. The summed E-state index contributed by atoms with van der Waals surface area (Å²) in [4.78, 5) is 21.6. The number of hydrogen-bond donors (Lipinski definition) is 1. The molecule has 1 aromatic carbocycles. The number of hydrogen-bond acceptors (Lipinski definition) is 3. The Hall–Kier alpha value is -1.91. The highest BCUT2D eigenvalue weighted by atomic mass is 16.6. The van der Waals surface area contributed by atoms with Gasteiger partial charge in [0, 0.05) is 5.56 Å². The molecule has 1 N–H and O–H groups in total. The highest BCUT2D eigenvalue weighted by Crippen LogP contribution is 2.32. The summed E-state index contributed by atoms with van der Waals surface area (Å²) in [5.41, 5.74) is 0.0184. The maximum absolute atomic E-state index is 11.1. The van der Waals surface area contributed by atoms with Gasteiger partial charge in [0.15, 0.2) is 0 Å². The fourth-order valence-electron chi connectivity index (χ4n) is 2.19. The van der Waals surface area contributed by atoms with Gasteiger partial charge in [0.05, 0.1) is 4.92 Å². The molecule has 0 amide bonds. The van der Waals surface area contributed by atoms with Crippen molar-refractivity contribution in [3.05, 3.63) is 39.4 Å². The lowest BCUT2D eigenvalue weighted by molar-refractivity contribution is -0.386. The number of aromatic carboxylic acids is 1. The number of carbonyl (C=O) groups is 1. The van der Waals surface area contributed by atoms with Gasteiger partial charge in [-0.2, -0.15) is 0 Å². The van der Waals surface area contributed by atoms with Crippen LogP contribution in [-0.4, -0.2) is 16.0 Å². The molecule has 5 nitrogen and oxygen atoms in total. The molecule has 5 heteroatoms. The first-order valence-electron chi connectivity index (χ1n) is 6.49. The molecule has 1 aromatic rings. The molecular formula is C14H19NO4. The second-order valence-corrected chi connectivity index (χ2v) is 4.70. The van der Waals surface area contributed by atoms with Gasteiger partial charge in [-0.25, -0.2) is 4.79 Å². The molecule has 1 atom stereocenters. The number of carboxylic acid groups (broad SMARTS) is 1. The largest absolute Gasteiger partial charge is 0.477 e. The second-order valence-electron chi connectivity index (χ2n) is 4.70. The van der Waals surface area contributed by atoms with Crippen molar-refractivity contribution in [2.24, 2.45) is 0 Å². The molecule has 0 radical (unpaired) electrons. The fraction of sp³-hybridized carbons (Fsp3) is 0.500. The summed E-state index contributed by atoms with van der Waals surface area (Å²) >= 11 is 0. The van der Waals surface area contributed by atoms with Crippen LogP contribution < -0.4 is 0 Å². The molecule has 0 aliphatic rings. The smallest absolute Gasteiger partial charge is 0.342 e. The van der Waals surface area contributed by atoms with E-state index in [0.717, 1.165) is 25.7 Å². The molecule has 0 bridgehead atoms. The zero-order valence-electron chi connectivity index (χ0n) is 11.3. The van der Waals surface area contributed by atoms with Crippen LogP contribution in [0.1, 0.15) is 61.4 Å². The van der Waals surface area contributed by atoms with Gasteiger partial charge in [0.1, 0.15) is 5.56 Å². The summed E-state index contributed by atoms with van der Waals surface area (Å²) in [5.74, 6) is -1.26. The lowest BCUT2D eigenvalue weighted by Gasteiger charge is -2.13. The van der Waals surface area contributed by atoms with Crippen LogP contribution in [0.2, 0.25) is 0 Å². The van der Waals surface area contributed by atoms with Crippen molar-refractivity contribution in [1.29, 1.82) is 0 Å². The Kier molecular flexibility index (Phi) is 5.48. The molecule has 0 saturated heterocycles. The van der Waals surface area contributed by atoms with Crippen LogP contribution in [0.25, 0.3) is 0 Å². The van der Waals surface area contributed by atoms with Crippen molar-refractivity contribution in [3.8, 4) is 0 Å². The zero-order valence-corrected chi connectivity index (χ0v) is 11.3. The van der Waals surface area contributed by atoms with E-state index in [2.05, 4.69) is 6.92 Å².